The highest BCUT2D eigenvalue weighted by Crippen LogP contribution is 1.99. The smallest absolute Gasteiger partial charge is 0.329 e. The number of hydrogen-bond acceptors (Lipinski definition) is 4. The van der Waals surface area contributed by atoms with E-state index in [1.807, 2.05) is 0 Å². The molecule has 1 aliphatic rings. The van der Waals surface area contributed by atoms with E-state index in [0.717, 1.165) is 6.42 Å². The maximum atomic E-state index is 11.5. The van der Waals surface area contributed by atoms with Crippen molar-refractivity contribution in [2.24, 2.45) is 0 Å². The minimum Gasteiger partial charge on any atom is -0.480 e. The molecule has 1 aliphatic heterocycles. The lowest BCUT2D eigenvalue weighted by molar-refractivity contribution is -0.145. The van der Waals surface area contributed by atoms with Crippen LogP contribution in [0.3, 0.4) is 0 Å². The first-order valence-corrected chi connectivity index (χ1v) is 4.85. The quantitative estimate of drug-likeness (QED) is 0.676. The Kier molecular flexibility index (Phi) is 5.06. The van der Waals surface area contributed by atoms with Gasteiger partial charge in [-0.05, 0) is 6.42 Å². The third-order valence-corrected chi connectivity index (χ3v) is 2.03. The standard InChI is InChI=1S/C9H15NO5/c11-8(6-15-7-9(12)13)10-2-1-4-14-5-3-10/h1-7H2,(H,12,13). The number of carboxylic acids is 1. The minimum absolute atomic E-state index is 0.174. The zero-order valence-electron chi connectivity index (χ0n) is 8.48. The summed E-state index contributed by atoms with van der Waals surface area (Å²) in [6, 6.07) is 0. The fraction of sp³-hybridized carbons (Fsp3) is 0.778. The fourth-order valence-electron chi connectivity index (χ4n) is 1.31. The van der Waals surface area contributed by atoms with Crippen molar-refractivity contribution in [3.8, 4) is 0 Å². The van der Waals surface area contributed by atoms with Crippen LogP contribution < -0.4 is 0 Å². The molecule has 0 atom stereocenters. The predicted octanol–water partition coefficient (Wildman–Crippen LogP) is -0.663. The average Bonchev–Trinajstić information content (AvgIpc) is 2.44. The number of carbonyl (C=O) groups is 2. The molecule has 1 amide bonds. The molecule has 1 fully saturated rings. The van der Waals surface area contributed by atoms with Crippen LogP contribution in [0.4, 0.5) is 0 Å². The highest BCUT2D eigenvalue weighted by Gasteiger charge is 2.15. The molecule has 86 valence electrons. The molecule has 0 radical (unpaired) electrons. The normalized spacial score (nSPS) is 17.2. The van der Waals surface area contributed by atoms with Crippen molar-refractivity contribution in [1.82, 2.24) is 4.90 Å². The van der Waals surface area contributed by atoms with Crippen molar-refractivity contribution < 1.29 is 24.2 Å². The van der Waals surface area contributed by atoms with Gasteiger partial charge in [0.2, 0.25) is 5.91 Å². The molecule has 0 aliphatic carbocycles. The van der Waals surface area contributed by atoms with E-state index in [2.05, 4.69) is 0 Å². The zero-order chi connectivity index (χ0) is 11.1. The Morgan fingerprint density at radius 3 is 2.80 bits per heavy atom. The molecule has 6 nitrogen and oxygen atoms in total. The van der Waals surface area contributed by atoms with Crippen LogP contribution >= 0.6 is 0 Å². The van der Waals surface area contributed by atoms with E-state index in [1.54, 1.807) is 4.90 Å². The molecule has 0 bridgehead atoms. The van der Waals surface area contributed by atoms with Crippen LogP contribution in [0.25, 0.3) is 0 Å². The van der Waals surface area contributed by atoms with E-state index < -0.39 is 12.6 Å². The van der Waals surface area contributed by atoms with Crippen molar-refractivity contribution in [3.63, 3.8) is 0 Å². The van der Waals surface area contributed by atoms with E-state index in [1.165, 1.54) is 0 Å². The van der Waals surface area contributed by atoms with Crippen molar-refractivity contribution in [2.45, 2.75) is 6.42 Å². The number of carboxylic acid groups (broad SMARTS) is 1. The van der Waals surface area contributed by atoms with Gasteiger partial charge >= 0.3 is 5.97 Å². The Hall–Kier alpha value is -1.14. The highest BCUT2D eigenvalue weighted by molar-refractivity contribution is 5.78. The predicted molar refractivity (Wildman–Crippen MR) is 50.5 cm³/mol. The first kappa shape index (κ1) is 11.9. The lowest BCUT2D eigenvalue weighted by Crippen LogP contribution is -2.36. The van der Waals surface area contributed by atoms with Gasteiger partial charge in [0.25, 0.3) is 0 Å². The van der Waals surface area contributed by atoms with Gasteiger partial charge in [-0.3, -0.25) is 4.79 Å². The summed E-state index contributed by atoms with van der Waals surface area (Å²) >= 11 is 0. The number of aliphatic carboxylic acids is 1. The van der Waals surface area contributed by atoms with Gasteiger partial charge < -0.3 is 19.5 Å². The maximum absolute atomic E-state index is 11.5. The average molecular weight is 217 g/mol. The number of ether oxygens (including phenoxy) is 2. The van der Waals surface area contributed by atoms with E-state index in [4.69, 9.17) is 14.6 Å². The third kappa shape index (κ3) is 4.75. The van der Waals surface area contributed by atoms with E-state index in [0.29, 0.717) is 26.3 Å². The lowest BCUT2D eigenvalue weighted by atomic mass is 10.4. The molecule has 1 saturated heterocycles. The molecule has 0 aromatic carbocycles. The maximum Gasteiger partial charge on any atom is 0.329 e. The molecule has 0 spiro atoms. The van der Waals surface area contributed by atoms with Crippen LogP contribution in [0, 0.1) is 0 Å². The second kappa shape index (κ2) is 6.36. The summed E-state index contributed by atoms with van der Waals surface area (Å²) < 4.78 is 9.91. The molecule has 15 heavy (non-hydrogen) atoms. The van der Waals surface area contributed by atoms with Crippen molar-refractivity contribution in [2.75, 3.05) is 39.5 Å². The van der Waals surface area contributed by atoms with E-state index in [9.17, 15) is 9.59 Å². The SMILES string of the molecule is O=C(O)COCC(=O)N1CCCOCC1. The van der Waals surface area contributed by atoms with Crippen LogP contribution in [-0.2, 0) is 19.1 Å². The van der Waals surface area contributed by atoms with Crippen LogP contribution in [0.5, 0.6) is 0 Å². The van der Waals surface area contributed by atoms with Crippen LogP contribution in [0.15, 0.2) is 0 Å². The van der Waals surface area contributed by atoms with Gasteiger partial charge in [0.15, 0.2) is 0 Å². The van der Waals surface area contributed by atoms with Crippen LogP contribution in [0.2, 0.25) is 0 Å². The summed E-state index contributed by atoms with van der Waals surface area (Å²) in [5, 5.41) is 8.31. The van der Waals surface area contributed by atoms with Gasteiger partial charge in [-0.25, -0.2) is 4.79 Å². The molecule has 6 heteroatoms. The topological polar surface area (TPSA) is 76.1 Å². The monoisotopic (exact) mass is 217 g/mol. The molecule has 1 heterocycles. The second-order valence-electron chi connectivity index (χ2n) is 3.23. The Morgan fingerprint density at radius 1 is 1.27 bits per heavy atom. The summed E-state index contributed by atoms with van der Waals surface area (Å²) in [5.41, 5.74) is 0. The minimum atomic E-state index is -1.07. The van der Waals surface area contributed by atoms with Gasteiger partial charge in [0, 0.05) is 19.7 Å². The first-order chi connectivity index (χ1) is 7.20. The Labute approximate surface area is 87.8 Å². The number of hydrogen-bond donors (Lipinski definition) is 1. The summed E-state index contributed by atoms with van der Waals surface area (Å²) in [6.07, 6.45) is 0.810. The van der Waals surface area contributed by atoms with Crippen molar-refractivity contribution >= 4 is 11.9 Å². The highest BCUT2D eigenvalue weighted by atomic mass is 16.5. The largest absolute Gasteiger partial charge is 0.480 e. The number of amides is 1. The Bertz CT molecular complexity index is 223. The molecular formula is C9H15NO5. The van der Waals surface area contributed by atoms with Gasteiger partial charge in [0.1, 0.15) is 13.2 Å². The van der Waals surface area contributed by atoms with E-state index >= 15 is 0 Å². The number of carbonyl (C=O) groups excluding carboxylic acids is 1. The molecule has 0 aromatic heterocycles. The Morgan fingerprint density at radius 2 is 2.07 bits per heavy atom. The van der Waals surface area contributed by atoms with Crippen molar-refractivity contribution in [3.05, 3.63) is 0 Å². The molecule has 0 saturated carbocycles. The van der Waals surface area contributed by atoms with Gasteiger partial charge in [0.05, 0.1) is 6.61 Å². The van der Waals surface area contributed by atoms with Gasteiger partial charge in [-0.1, -0.05) is 0 Å². The van der Waals surface area contributed by atoms with Gasteiger partial charge in [-0.2, -0.15) is 0 Å². The van der Waals surface area contributed by atoms with Crippen LogP contribution in [0.1, 0.15) is 6.42 Å². The zero-order valence-corrected chi connectivity index (χ0v) is 8.48. The summed E-state index contributed by atoms with van der Waals surface area (Å²) in [7, 11) is 0. The first-order valence-electron chi connectivity index (χ1n) is 4.85. The molecule has 0 unspecified atom stereocenters. The number of nitrogens with zero attached hydrogens (tertiary/aromatic N) is 1. The molecule has 1 N–H and O–H groups in total. The van der Waals surface area contributed by atoms with Gasteiger partial charge in [-0.15, -0.1) is 0 Å². The third-order valence-electron chi connectivity index (χ3n) is 2.03. The lowest BCUT2D eigenvalue weighted by Gasteiger charge is -2.18. The Balaban J connectivity index is 2.22. The molecule has 0 aromatic rings. The fourth-order valence-corrected chi connectivity index (χ4v) is 1.31. The van der Waals surface area contributed by atoms with E-state index in [-0.39, 0.29) is 12.5 Å². The summed E-state index contributed by atoms with van der Waals surface area (Å²) in [4.78, 5) is 23.3. The summed E-state index contributed by atoms with van der Waals surface area (Å²) in [6.45, 7) is 1.79. The summed E-state index contributed by atoms with van der Waals surface area (Å²) in [5.74, 6) is -1.25. The van der Waals surface area contributed by atoms with Crippen LogP contribution in [-0.4, -0.2) is 61.4 Å². The van der Waals surface area contributed by atoms with Crippen molar-refractivity contribution in [1.29, 1.82) is 0 Å². The molecule has 1 rings (SSSR count). The second-order valence-corrected chi connectivity index (χ2v) is 3.23. The number of rotatable bonds is 4. The molecular weight excluding hydrogens is 202 g/mol.